The lowest BCUT2D eigenvalue weighted by molar-refractivity contribution is 0.533. The molecule has 7 heteroatoms. The Hall–Kier alpha value is -2.24. The molecule has 148 valence electrons. The topological polar surface area (TPSA) is 80.0 Å². The van der Waals surface area contributed by atoms with Crippen molar-refractivity contribution in [3.05, 3.63) is 63.6 Å². The second-order valence-corrected chi connectivity index (χ2v) is 8.16. The first kappa shape index (κ1) is 20.5. The number of hydrogen-bond acceptors (Lipinski definition) is 5. The van der Waals surface area contributed by atoms with Crippen LogP contribution in [-0.4, -0.2) is 17.6 Å². The van der Waals surface area contributed by atoms with E-state index in [1.807, 2.05) is 49.1 Å². The van der Waals surface area contributed by atoms with Crippen LogP contribution in [0.4, 0.5) is 5.69 Å². The SMILES string of the molecule is CC1(C)N=C(N)N=C(N)N1c1cccc(CCCCc2c(Cl)cccc2Cl)c1. The molecule has 0 aromatic heterocycles. The van der Waals surface area contributed by atoms with Crippen molar-refractivity contribution < 1.29 is 0 Å². The number of unbranched alkanes of at least 4 members (excludes halogenated alkanes) is 1. The highest BCUT2D eigenvalue weighted by molar-refractivity contribution is 6.35. The summed E-state index contributed by atoms with van der Waals surface area (Å²) in [5.41, 5.74) is 14.5. The van der Waals surface area contributed by atoms with E-state index in [1.165, 1.54) is 5.56 Å². The minimum absolute atomic E-state index is 0.202. The van der Waals surface area contributed by atoms with Crippen molar-refractivity contribution >= 4 is 40.8 Å². The lowest BCUT2D eigenvalue weighted by Gasteiger charge is -2.38. The zero-order valence-electron chi connectivity index (χ0n) is 16.1. The monoisotopic (exact) mass is 417 g/mol. The van der Waals surface area contributed by atoms with Crippen LogP contribution in [0.25, 0.3) is 0 Å². The van der Waals surface area contributed by atoms with E-state index in [9.17, 15) is 0 Å². The van der Waals surface area contributed by atoms with Crippen molar-refractivity contribution in [1.29, 1.82) is 0 Å². The fraction of sp³-hybridized carbons (Fsp3) is 0.333. The van der Waals surface area contributed by atoms with Gasteiger partial charge in [0.05, 0.1) is 0 Å². The van der Waals surface area contributed by atoms with E-state index in [1.54, 1.807) is 0 Å². The third kappa shape index (κ3) is 4.59. The van der Waals surface area contributed by atoms with Gasteiger partial charge >= 0.3 is 0 Å². The molecular formula is C21H25Cl2N5. The number of nitrogens with zero attached hydrogens (tertiary/aromatic N) is 3. The maximum absolute atomic E-state index is 6.25. The van der Waals surface area contributed by atoms with E-state index in [0.29, 0.717) is 5.96 Å². The summed E-state index contributed by atoms with van der Waals surface area (Å²) in [5.74, 6) is 0.552. The summed E-state index contributed by atoms with van der Waals surface area (Å²) in [6.45, 7) is 3.92. The summed E-state index contributed by atoms with van der Waals surface area (Å²) in [5, 5.41) is 1.47. The Labute approximate surface area is 176 Å². The Balaban J connectivity index is 1.65. The molecule has 1 heterocycles. The van der Waals surface area contributed by atoms with Gasteiger partial charge in [-0.15, -0.1) is 0 Å². The Bertz CT molecular complexity index is 901. The van der Waals surface area contributed by atoms with Gasteiger partial charge in [0, 0.05) is 15.7 Å². The molecule has 28 heavy (non-hydrogen) atoms. The average Bonchev–Trinajstić information content (AvgIpc) is 2.59. The summed E-state index contributed by atoms with van der Waals surface area (Å²) < 4.78 is 0. The van der Waals surface area contributed by atoms with Crippen LogP contribution in [-0.2, 0) is 12.8 Å². The molecule has 0 bridgehead atoms. The molecule has 0 fully saturated rings. The van der Waals surface area contributed by atoms with Crippen molar-refractivity contribution in [3.63, 3.8) is 0 Å². The molecule has 0 atom stereocenters. The highest BCUT2D eigenvalue weighted by atomic mass is 35.5. The molecule has 0 radical (unpaired) electrons. The van der Waals surface area contributed by atoms with Crippen LogP contribution in [0.5, 0.6) is 0 Å². The maximum atomic E-state index is 6.25. The minimum atomic E-state index is -0.588. The van der Waals surface area contributed by atoms with Gasteiger partial charge in [-0.25, -0.2) is 4.99 Å². The number of aryl methyl sites for hydroxylation is 1. The summed E-state index contributed by atoms with van der Waals surface area (Å²) in [6.07, 6.45) is 3.86. The molecule has 3 rings (SSSR count). The van der Waals surface area contributed by atoms with E-state index in [-0.39, 0.29) is 5.96 Å². The molecule has 2 aromatic rings. The molecule has 4 N–H and O–H groups in total. The molecule has 0 saturated heterocycles. The quantitative estimate of drug-likeness (QED) is 0.665. The van der Waals surface area contributed by atoms with Crippen molar-refractivity contribution in [2.75, 3.05) is 4.90 Å². The van der Waals surface area contributed by atoms with Gasteiger partial charge in [0.15, 0.2) is 0 Å². The van der Waals surface area contributed by atoms with Crippen LogP contribution >= 0.6 is 23.2 Å². The third-order valence-corrected chi connectivity index (χ3v) is 5.47. The van der Waals surface area contributed by atoms with Crippen LogP contribution in [0.1, 0.15) is 37.8 Å². The Kier molecular flexibility index (Phi) is 6.16. The second-order valence-electron chi connectivity index (χ2n) is 7.35. The smallest absolute Gasteiger partial charge is 0.220 e. The molecule has 0 spiro atoms. The van der Waals surface area contributed by atoms with Gasteiger partial charge in [0.25, 0.3) is 0 Å². The third-order valence-electron chi connectivity index (χ3n) is 4.77. The van der Waals surface area contributed by atoms with Crippen molar-refractivity contribution in [1.82, 2.24) is 0 Å². The lowest BCUT2D eigenvalue weighted by Crippen LogP contribution is -2.54. The lowest BCUT2D eigenvalue weighted by atomic mass is 10.0. The van der Waals surface area contributed by atoms with Gasteiger partial charge in [-0.2, -0.15) is 4.99 Å². The standard InChI is InChI=1S/C21H25Cl2N5/c1-21(2)27-19(24)26-20(25)28(21)15-9-5-8-14(13-15)7-3-4-10-16-17(22)11-6-12-18(16)23/h5-6,8-9,11-13H,3-4,7,10H2,1-2H3,(H4,24,25,26,27). The number of anilines is 1. The van der Waals surface area contributed by atoms with Crippen LogP contribution in [0, 0.1) is 0 Å². The summed E-state index contributed by atoms with van der Waals surface area (Å²) in [4.78, 5) is 10.4. The summed E-state index contributed by atoms with van der Waals surface area (Å²) in [7, 11) is 0. The average molecular weight is 418 g/mol. The molecule has 0 aliphatic carbocycles. The zero-order valence-corrected chi connectivity index (χ0v) is 17.6. The first-order valence-corrected chi connectivity index (χ1v) is 10.0. The number of rotatable bonds is 6. The Morgan fingerprint density at radius 3 is 2.29 bits per heavy atom. The number of nitrogens with two attached hydrogens (primary N) is 2. The number of aliphatic imine (C=N–C) groups is 2. The molecule has 5 nitrogen and oxygen atoms in total. The summed E-state index contributed by atoms with van der Waals surface area (Å²) in [6, 6.07) is 13.9. The van der Waals surface area contributed by atoms with E-state index in [2.05, 4.69) is 22.1 Å². The van der Waals surface area contributed by atoms with Crippen LogP contribution in [0.3, 0.4) is 0 Å². The van der Waals surface area contributed by atoms with Crippen LogP contribution < -0.4 is 16.4 Å². The Morgan fingerprint density at radius 2 is 1.61 bits per heavy atom. The Morgan fingerprint density at radius 1 is 0.964 bits per heavy atom. The predicted molar refractivity (Wildman–Crippen MR) is 119 cm³/mol. The van der Waals surface area contributed by atoms with Crippen molar-refractivity contribution in [3.8, 4) is 0 Å². The highest BCUT2D eigenvalue weighted by Crippen LogP contribution is 2.29. The fourth-order valence-electron chi connectivity index (χ4n) is 3.50. The van der Waals surface area contributed by atoms with Crippen LogP contribution in [0.15, 0.2) is 52.4 Å². The van der Waals surface area contributed by atoms with Crippen molar-refractivity contribution in [2.45, 2.75) is 45.2 Å². The first-order chi connectivity index (χ1) is 13.3. The molecule has 1 aliphatic heterocycles. The molecule has 1 aliphatic rings. The first-order valence-electron chi connectivity index (χ1n) is 9.29. The maximum Gasteiger partial charge on any atom is 0.220 e. The second kappa shape index (κ2) is 8.41. The largest absolute Gasteiger partial charge is 0.369 e. The van der Waals surface area contributed by atoms with Crippen LogP contribution in [0.2, 0.25) is 10.0 Å². The molecular weight excluding hydrogens is 393 g/mol. The van der Waals surface area contributed by atoms with Gasteiger partial charge in [0.1, 0.15) is 5.66 Å². The van der Waals surface area contributed by atoms with Gasteiger partial charge in [-0.3, -0.25) is 4.90 Å². The van der Waals surface area contributed by atoms with E-state index in [4.69, 9.17) is 34.7 Å². The zero-order chi connectivity index (χ0) is 20.3. The van der Waals surface area contributed by atoms with E-state index >= 15 is 0 Å². The van der Waals surface area contributed by atoms with E-state index < -0.39 is 5.66 Å². The number of halogens is 2. The van der Waals surface area contributed by atoms with E-state index in [0.717, 1.165) is 47.0 Å². The normalized spacial score (nSPS) is 15.9. The minimum Gasteiger partial charge on any atom is -0.369 e. The van der Waals surface area contributed by atoms with Crippen molar-refractivity contribution in [2.24, 2.45) is 21.5 Å². The highest BCUT2D eigenvalue weighted by Gasteiger charge is 2.32. The molecule has 0 amide bonds. The molecule has 0 unspecified atom stereocenters. The number of benzene rings is 2. The van der Waals surface area contributed by atoms with Gasteiger partial charge in [-0.1, -0.05) is 41.4 Å². The predicted octanol–water partition coefficient (Wildman–Crippen LogP) is 4.74. The fourth-order valence-corrected chi connectivity index (χ4v) is 4.09. The van der Waals surface area contributed by atoms with Gasteiger partial charge in [-0.05, 0) is 74.9 Å². The van der Waals surface area contributed by atoms with Gasteiger partial charge in [0.2, 0.25) is 11.9 Å². The number of hydrogen-bond donors (Lipinski definition) is 2. The molecule has 2 aromatic carbocycles. The summed E-state index contributed by atoms with van der Waals surface area (Å²) >= 11 is 12.5. The molecule has 0 saturated carbocycles. The number of guanidine groups is 2. The van der Waals surface area contributed by atoms with Gasteiger partial charge < -0.3 is 11.5 Å².